The maximum Gasteiger partial charge on any atom is 0.239 e. The highest BCUT2D eigenvalue weighted by atomic mass is 35.5. The van der Waals surface area contributed by atoms with Crippen LogP contribution in [0.3, 0.4) is 0 Å². The average Bonchev–Trinajstić information content (AvgIpc) is 2.46. The molecule has 0 bridgehead atoms. The summed E-state index contributed by atoms with van der Waals surface area (Å²) in [4.78, 5) is 23.6. The molecule has 0 aliphatic carbocycles. The molecule has 0 aromatic heterocycles. The lowest BCUT2D eigenvalue weighted by molar-refractivity contribution is -0.127. The van der Waals surface area contributed by atoms with Gasteiger partial charge in [0.05, 0.1) is 12.6 Å². The van der Waals surface area contributed by atoms with Crippen molar-refractivity contribution in [2.45, 2.75) is 46.2 Å². The lowest BCUT2D eigenvalue weighted by Gasteiger charge is -2.17. The number of nitrogens with one attached hydrogen (secondary N) is 2. The minimum atomic E-state index is -0.586. The molecular weight excluding hydrogens is 314 g/mol. The Balaban J connectivity index is 0.00000484. The quantitative estimate of drug-likeness (QED) is 0.703. The fourth-order valence-electron chi connectivity index (χ4n) is 2.13. The van der Waals surface area contributed by atoms with E-state index in [1.54, 1.807) is 0 Å². The molecule has 0 saturated carbocycles. The van der Waals surface area contributed by atoms with E-state index in [1.807, 2.05) is 32.9 Å². The van der Waals surface area contributed by atoms with Gasteiger partial charge in [-0.25, -0.2) is 0 Å². The maximum atomic E-state index is 11.9. The van der Waals surface area contributed by atoms with Crippen molar-refractivity contribution in [1.82, 2.24) is 10.6 Å². The van der Waals surface area contributed by atoms with E-state index < -0.39 is 6.04 Å². The predicted octanol–water partition coefficient (Wildman–Crippen LogP) is 1.56. The van der Waals surface area contributed by atoms with Gasteiger partial charge < -0.3 is 16.4 Å². The molecule has 0 saturated heterocycles. The zero-order valence-corrected chi connectivity index (χ0v) is 15.1. The normalized spacial score (nSPS) is 13.0. The fourth-order valence-corrected chi connectivity index (χ4v) is 2.13. The van der Waals surface area contributed by atoms with Gasteiger partial charge in [-0.15, -0.1) is 12.4 Å². The molecule has 0 radical (unpaired) electrons. The molecule has 0 spiro atoms. The molecular formula is C17H28ClN3O2. The molecule has 5 nitrogen and oxygen atoms in total. The van der Waals surface area contributed by atoms with E-state index in [0.29, 0.717) is 0 Å². The lowest BCUT2D eigenvalue weighted by atomic mass is 10.0. The van der Waals surface area contributed by atoms with Gasteiger partial charge in [-0.2, -0.15) is 0 Å². The van der Waals surface area contributed by atoms with Crippen LogP contribution in [0.4, 0.5) is 0 Å². The van der Waals surface area contributed by atoms with Crippen molar-refractivity contribution in [3.8, 4) is 0 Å². The SMILES string of the molecule is Cc1ccccc1CC(C)NC(=O)CNC(=O)[C@@H](N)C(C)C.Cl. The molecule has 0 aliphatic heterocycles. The summed E-state index contributed by atoms with van der Waals surface area (Å²) in [7, 11) is 0. The molecule has 23 heavy (non-hydrogen) atoms. The van der Waals surface area contributed by atoms with E-state index in [0.717, 1.165) is 6.42 Å². The largest absolute Gasteiger partial charge is 0.352 e. The molecule has 0 aliphatic rings. The summed E-state index contributed by atoms with van der Waals surface area (Å²) >= 11 is 0. The molecule has 2 amide bonds. The number of hydrogen-bond donors (Lipinski definition) is 3. The number of carbonyl (C=O) groups is 2. The standard InChI is InChI=1S/C17H27N3O2.ClH/c1-11(2)16(18)17(22)19-10-15(21)20-13(4)9-14-8-6-5-7-12(14)3;/h5-8,11,13,16H,9-10,18H2,1-4H3,(H,19,22)(H,20,21);1H/t13?,16-;/m0./s1. The number of amides is 2. The summed E-state index contributed by atoms with van der Waals surface area (Å²) < 4.78 is 0. The number of nitrogens with two attached hydrogens (primary N) is 1. The monoisotopic (exact) mass is 341 g/mol. The van der Waals surface area contributed by atoms with Crippen molar-refractivity contribution in [1.29, 1.82) is 0 Å². The third-order valence-corrected chi connectivity index (χ3v) is 3.64. The predicted molar refractivity (Wildman–Crippen MR) is 95.6 cm³/mol. The van der Waals surface area contributed by atoms with Crippen molar-refractivity contribution in [3.05, 3.63) is 35.4 Å². The molecule has 0 fully saturated rings. The molecule has 4 N–H and O–H groups in total. The summed E-state index contributed by atoms with van der Waals surface area (Å²) in [6.45, 7) is 7.70. The summed E-state index contributed by atoms with van der Waals surface area (Å²) in [5.74, 6) is -0.454. The Kier molecular flexibility index (Phi) is 9.53. The number of hydrogen-bond acceptors (Lipinski definition) is 3. The van der Waals surface area contributed by atoms with Crippen LogP contribution >= 0.6 is 12.4 Å². The molecule has 1 unspecified atom stereocenters. The van der Waals surface area contributed by atoms with Crippen LogP contribution in [0.25, 0.3) is 0 Å². The Morgan fingerprint density at radius 2 is 1.78 bits per heavy atom. The smallest absolute Gasteiger partial charge is 0.239 e. The highest BCUT2D eigenvalue weighted by Crippen LogP contribution is 2.09. The van der Waals surface area contributed by atoms with Crippen LogP contribution in [0.15, 0.2) is 24.3 Å². The molecule has 1 aromatic carbocycles. The van der Waals surface area contributed by atoms with Gasteiger partial charge in [0, 0.05) is 6.04 Å². The Labute approximate surface area is 144 Å². The van der Waals surface area contributed by atoms with E-state index >= 15 is 0 Å². The van der Waals surface area contributed by atoms with Crippen LogP contribution in [0.1, 0.15) is 31.9 Å². The van der Waals surface area contributed by atoms with Gasteiger partial charge in [-0.3, -0.25) is 9.59 Å². The van der Waals surface area contributed by atoms with Crippen molar-refractivity contribution in [2.24, 2.45) is 11.7 Å². The van der Waals surface area contributed by atoms with Gasteiger partial charge in [0.25, 0.3) is 0 Å². The molecule has 1 rings (SSSR count). The number of carbonyl (C=O) groups excluding carboxylic acids is 2. The van der Waals surface area contributed by atoms with E-state index in [1.165, 1.54) is 11.1 Å². The first-order chi connectivity index (χ1) is 10.3. The topological polar surface area (TPSA) is 84.2 Å². The minimum Gasteiger partial charge on any atom is -0.352 e. The van der Waals surface area contributed by atoms with Gasteiger partial charge in [0.15, 0.2) is 0 Å². The first-order valence-corrected chi connectivity index (χ1v) is 7.68. The summed E-state index contributed by atoms with van der Waals surface area (Å²) in [6.07, 6.45) is 0.762. The van der Waals surface area contributed by atoms with Crippen LogP contribution in [0, 0.1) is 12.8 Å². The van der Waals surface area contributed by atoms with Crippen LogP contribution in [-0.2, 0) is 16.0 Å². The van der Waals surface area contributed by atoms with Crippen LogP contribution < -0.4 is 16.4 Å². The van der Waals surface area contributed by atoms with E-state index in [4.69, 9.17) is 5.73 Å². The van der Waals surface area contributed by atoms with Gasteiger partial charge in [-0.1, -0.05) is 38.1 Å². The first-order valence-electron chi connectivity index (χ1n) is 7.68. The van der Waals surface area contributed by atoms with Crippen LogP contribution in [0.5, 0.6) is 0 Å². The van der Waals surface area contributed by atoms with E-state index in [-0.39, 0.29) is 42.7 Å². The van der Waals surface area contributed by atoms with Gasteiger partial charge >= 0.3 is 0 Å². The van der Waals surface area contributed by atoms with E-state index in [9.17, 15) is 9.59 Å². The van der Waals surface area contributed by atoms with Crippen molar-refractivity contribution in [2.75, 3.05) is 6.54 Å². The molecule has 0 heterocycles. The van der Waals surface area contributed by atoms with Crippen LogP contribution in [-0.4, -0.2) is 30.4 Å². The average molecular weight is 342 g/mol. The number of rotatable bonds is 7. The molecule has 130 valence electrons. The Bertz CT molecular complexity index is 520. The highest BCUT2D eigenvalue weighted by Gasteiger charge is 2.18. The molecule has 1 aromatic rings. The minimum absolute atomic E-state index is 0. The number of halogens is 1. The lowest BCUT2D eigenvalue weighted by Crippen LogP contribution is -2.48. The zero-order chi connectivity index (χ0) is 16.7. The number of aryl methyl sites for hydroxylation is 1. The Morgan fingerprint density at radius 1 is 1.17 bits per heavy atom. The molecule has 6 heteroatoms. The third kappa shape index (κ3) is 7.48. The number of benzene rings is 1. The van der Waals surface area contributed by atoms with Gasteiger partial charge in [0.1, 0.15) is 0 Å². The summed E-state index contributed by atoms with van der Waals surface area (Å²) in [5, 5.41) is 5.45. The second-order valence-corrected chi connectivity index (χ2v) is 6.09. The summed E-state index contributed by atoms with van der Waals surface area (Å²) in [6, 6.07) is 7.51. The second-order valence-electron chi connectivity index (χ2n) is 6.09. The second kappa shape index (κ2) is 10.2. The van der Waals surface area contributed by atoms with E-state index in [2.05, 4.69) is 29.7 Å². The fraction of sp³-hybridized carbons (Fsp3) is 0.529. The maximum absolute atomic E-state index is 11.9. The molecule has 2 atom stereocenters. The third-order valence-electron chi connectivity index (χ3n) is 3.64. The van der Waals surface area contributed by atoms with Crippen LogP contribution in [0.2, 0.25) is 0 Å². The van der Waals surface area contributed by atoms with Gasteiger partial charge in [-0.05, 0) is 37.3 Å². The van der Waals surface area contributed by atoms with Crippen molar-refractivity contribution < 1.29 is 9.59 Å². The van der Waals surface area contributed by atoms with Crippen molar-refractivity contribution >= 4 is 24.2 Å². The van der Waals surface area contributed by atoms with Crippen molar-refractivity contribution in [3.63, 3.8) is 0 Å². The zero-order valence-electron chi connectivity index (χ0n) is 14.3. The first kappa shape index (κ1) is 21.4. The highest BCUT2D eigenvalue weighted by molar-refractivity contribution is 5.87. The Morgan fingerprint density at radius 3 is 2.35 bits per heavy atom. The Hall–Kier alpha value is -1.59. The summed E-state index contributed by atoms with van der Waals surface area (Å²) in [5.41, 5.74) is 8.14. The van der Waals surface area contributed by atoms with Gasteiger partial charge in [0.2, 0.25) is 11.8 Å².